The van der Waals surface area contributed by atoms with E-state index in [1.54, 1.807) is 4.90 Å². The summed E-state index contributed by atoms with van der Waals surface area (Å²) in [6.45, 7) is 2.46. The number of nitrogens with two attached hydrogens (primary N) is 1. The van der Waals surface area contributed by atoms with Crippen LogP contribution in [0.25, 0.3) is 0 Å². The van der Waals surface area contributed by atoms with Crippen molar-refractivity contribution in [2.24, 2.45) is 5.73 Å². The third-order valence-corrected chi connectivity index (χ3v) is 2.94. The van der Waals surface area contributed by atoms with Gasteiger partial charge in [-0.25, -0.2) is 0 Å². The number of amides is 1. The predicted octanol–water partition coefficient (Wildman–Crippen LogP) is 0.189. The molecule has 1 saturated heterocycles. The Morgan fingerprint density at radius 2 is 2.20 bits per heavy atom. The number of aliphatic carboxylic acids is 1. The SMILES string of the molecule is CCC(C(=O)O)N1CCCCC1C(N)=O. The quantitative estimate of drug-likeness (QED) is 0.699. The number of likely N-dealkylation sites (tertiary alicyclic amines) is 1. The van der Waals surface area contributed by atoms with Gasteiger partial charge in [-0.05, 0) is 25.8 Å². The number of primary amides is 1. The molecule has 0 aliphatic carbocycles. The van der Waals surface area contributed by atoms with Crippen LogP contribution in [0, 0.1) is 0 Å². The Hall–Kier alpha value is -1.10. The van der Waals surface area contributed by atoms with Gasteiger partial charge in [-0.2, -0.15) is 0 Å². The Kier molecular flexibility index (Phi) is 4.08. The fourth-order valence-corrected chi connectivity index (χ4v) is 2.18. The van der Waals surface area contributed by atoms with Crippen LogP contribution in [0.4, 0.5) is 0 Å². The molecule has 2 unspecified atom stereocenters. The van der Waals surface area contributed by atoms with Crippen molar-refractivity contribution < 1.29 is 14.7 Å². The number of rotatable bonds is 4. The molecule has 0 aromatic heterocycles. The molecule has 1 heterocycles. The average Bonchev–Trinajstić information content (AvgIpc) is 2.18. The molecule has 3 N–H and O–H groups in total. The minimum absolute atomic E-state index is 0.403. The zero-order valence-corrected chi connectivity index (χ0v) is 8.98. The zero-order chi connectivity index (χ0) is 11.4. The lowest BCUT2D eigenvalue weighted by Gasteiger charge is -2.37. The largest absolute Gasteiger partial charge is 0.480 e. The summed E-state index contributed by atoms with van der Waals surface area (Å²) in [6, 6.07) is -0.984. The smallest absolute Gasteiger partial charge is 0.320 e. The van der Waals surface area contributed by atoms with E-state index in [1.165, 1.54) is 0 Å². The molecular weight excluding hydrogens is 196 g/mol. The summed E-state index contributed by atoms with van der Waals surface area (Å²) >= 11 is 0. The second-order valence-electron chi connectivity index (χ2n) is 3.91. The van der Waals surface area contributed by atoms with Crippen molar-refractivity contribution in [3.8, 4) is 0 Å². The first-order valence-electron chi connectivity index (χ1n) is 5.35. The third kappa shape index (κ3) is 2.68. The van der Waals surface area contributed by atoms with E-state index in [1.807, 2.05) is 6.92 Å². The van der Waals surface area contributed by atoms with Crippen molar-refractivity contribution in [1.29, 1.82) is 0 Å². The summed E-state index contributed by atoms with van der Waals surface area (Å²) in [5, 5.41) is 9.03. The minimum Gasteiger partial charge on any atom is -0.480 e. The molecule has 0 saturated carbocycles. The molecule has 1 amide bonds. The van der Waals surface area contributed by atoms with Gasteiger partial charge in [0.1, 0.15) is 6.04 Å². The van der Waals surface area contributed by atoms with Crippen LogP contribution in [0.1, 0.15) is 32.6 Å². The van der Waals surface area contributed by atoms with Gasteiger partial charge in [-0.3, -0.25) is 14.5 Å². The van der Waals surface area contributed by atoms with Crippen molar-refractivity contribution in [2.45, 2.75) is 44.7 Å². The molecule has 86 valence electrons. The highest BCUT2D eigenvalue weighted by Gasteiger charge is 2.34. The lowest BCUT2D eigenvalue weighted by molar-refractivity contribution is -0.146. The van der Waals surface area contributed by atoms with Crippen LogP contribution in [0.15, 0.2) is 0 Å². The first kappa shape index (κ1) is 12.0. The highest BCUT2D eigenvalue weighted by atomic mass is 16.4. The fraction of sp³-hybridized carbons (Fsp3) is 0.800. The van der Waals surface area contributed by atoms with Crippen molar-refractivity contribution in [1.82, 2.24) is 4.90 Å². The van der Waals surface area contributed by atoms with Crippen LogP contribution >= 0.6 is 0 Å². The van der Waals surface area contributed by atoms with E-state index in [2.05, 4.69) is 0 Å². The second-order valence-corrected chi connectivity index (χ2v) is 3.91. The Balaban J connectivity index is 2.78. The molecule has 5 heteroatoms. The van der Waals surface area contributed by atoms with Crippen LogP contribution in [-0.2, 0) is 9.59 Å². The van der Waals surface area contributed by atoms with E-state index >= 15 is 0 Å². The highest BCUT2D eigenvalue weighted by Crippen LogP contribution is 2.20. The van der Waals surface area contributed by atoms with Gasteiger partial charge in [0, 0.05) is 0 Å². The summed E-state index contributed by atoms with van der Waals surface area (Å²) < 4.78 is 0. The summed E-state index contributed by atoms with van der Waals surface area (Å²) in [5.74, 6) is -1.28. The van der Waals surface area contributed by atoms with Gasteiger partial charge in [0.2, 0.25) is 5.91 Å². The summed E-state index contributed by atoms with van der Waals surface area (Å²) in [6.07, 6.45) is 3.06. The molecule has 1 fully saturated rings. The van der Waals surface area contributed by atoms with Gasteiger partial charge >= 0.3 is 5.97 Å². The number of carboxylic acid groups (broad SMARTS) is 1. The second kappa shape index (κ2) is 5.11. The average molecular weight is 214 g/mol. The topological polar surface area (TPSA) is 83.6 Å². The van der Waals surface area contributed by atoms with Gasteiger partial charge in [0.05, 0.1) is 6.04 Å². The number of piperidine rings is 1. The van der Waals surface area contributed by atoms with Crippen molar-refractivity contribution in [2.75, 3.05) is 6.54 Å². The number of hydrogen-bond acceptors (Lipinski definition) is 3. The summed E-state index contributed by atoms with van der Waals surface area (Å²) in [7, 11) is 0. The molecule has 0 radical (unpaired) electrons. The molecule has 5 nitrogen and oxygen atoms in total. The highest BCUT2D eigenvalue weighted by molar-refractivity contribution is 5.81. The Morgan fingerprint density at radius 1 is 1.53 bits per heavy atom. The normalized spacial score (nSPS) is 24.7. The fourth-order valence-electron chi connectivity index (χ4n) is 2.18. The van der Waals surface area contributed by atoms with Gasteiger partial charge in [-0.1, -0.05) is 13.3 Å². The molecule has 0 aromatic carbocycles. The molecule has 15 heavy (non-hydrogen) atoms. The van der Waals surface area contributed by atoms with Crippen LogP contribution in [-0.4, -0.2) is 40.5 Å². The molecule has 1 aliphatic heterocycles. The first-order valence-corrected chi connectivity index (χ1v) is 5.35. The van der Waals surface area contributed by atoms with Gasteiger partial charge < -0.3 is 10.8 Å². The molecular formula is C10H18N2O3. The Bertz CT molecular complexity index is 239. The summed E-state index contributed by atoms with van der Waals surface area (Å²) in [5.41, 5.74) is 5.28. The van der Waals surface area contributed by atoms with Crippen molar-refractivity contribution in [3.05, 3.63) is 0 Å². The molecule has 1 aliphatic rings. The minimum atomic E-state index is -0.870. The molecule has 1 rings (SSSR count). The Morgan fingerprint density at radius 3 is 2.67 bits per heavy atom. The van der Waals surface area contributed by atoms with Crippen molar-refractivity contribution >= 4 is 11.9 Å². The van der Waals surface area contributed by atoms with Crippen LogP contribution in [0.2, 0.25) is 0 Å². The maximum atomic E-state index is 11.2. The predicted molar refractivity (Wildman–Crippen MR) is 55.3 cm³/mol. The monoisotopic (exact) mass is 214 g/mol. The van der Waals surface area contributed by atoms with Gasteiger partial charge in [0.15, 0.2) is 0 Å². The first-order chi connectivity index (χ1) is 7.07. The van der Waals surface area contributed by atoms with Gasteiger partial charge in [0.25, 0.3) is 0 Å². The summed E-state index contributed by atoms with van der Waals surface area (Å²) in [4.78, 5) is 23.9. The van der Waals surface area contributed by atoms with E-state index in [0.29, 0.717) is 19.4 Å². The number of carbonyl (C=O) groups is 2. The van der Waals surface area contributed by atoms with E-state index in [-0.39, 0.29) is 0 Å². The number of carboxylic acids is 1. The van der Waals surface area contributed by atoms with Crippen molar-refractivity contribution in [3.63, 3.8) is 0 Å². The maximum absolute atomic E-state index is 11.2. The number of hydrogen-bond donors (Lipinski definition) is 2. The molecule has 2 atom stereocenters. The third-order valence-electron chi connectivity index (χ3n) is 2.94. The zero-order valence-electron chi connectivity index (χ0n) is 8.98. The molecule has 0 bridgehead atoms. The lowest BCUT2D eigenvalue weighted by Crippen LogP contribution is -2.54. The van der Waals surface area contributed by atoms with E-state index in [0.717, 1.165) is 12.8 Å². The van der Waals surface area contributed by atoms with E-state index in [4.69, 9.17) is 10.8 Å². The standard InChI is InChI=1S/C10H18N2O3/c1-2-7(10(14)15)12-6-4-3-5-8(12)9(11)13/h7-8H,2-6H2,1H3,(H2,11,13)(H,14,15). The van der Waals surface area contributed by atoms with Crippen LogP contribution in [0.3, 0.4) is 0 Å². The van der Waals surface area contributed by atoms with E-state index < -0.39 is 24.0 Å². The maximum Gasteiger partial charge on any atom is 0.320 e. The molecule has 0 spiro atoms. The number of carbonyl (C=O) groups excluding carboxylic acids is 1. The molecule has 0 aromatic rings. The lowest BCUT2D eigenvalue weighted by atomic mass is 9.98. The Labute approximate surface area is 89.2 Å². The number of nitrogens with zero attached hydrogens (tertiary/aromatic N) is 1. The van der Waals surface area contributed by atoms with E-state index in [9.17, 15) is 9.59 Å². The van der Waals surface area contributed by atoms with Crippen LogP contribution < -0.4 is 5.73 Å². The van der Waals surface area contributed by atoms with Crippen LogP contribution in [0.5, 0.6) is 0 Å². The van der Waals surface area contributed by atoms with Gasteiger partial charge in [-0.15, -0.1) is 0 Å².